The second kappa shape index (κ2) is 14.0. The van der Waals surface area contributed by atoms with E-state index in [9.17, 15) is 14.4 Å². The van der Waals surface area contributed by atoms with E-state index >= 15 is 0 Å². The van der Waals surface area contributed by atoms with E-state index in [4.69, 9.17) is 19.9 Å². The Kier molecular flexibility index (Phi) is 10.9. The molecule has 2 amide bonds. The molecule has 1 fully saturated rings. The number of pyridine rings is 1. The lowest BCUT2D eigenvalue weighted by molar-refractivity contribution is -0.157. The highest BCUT2D eigenvalue weighted by molar-refractivity contribution is 5.85. The molecule has 1 aliphatic heterocycles. The van der Waals surface area contributed by atoms with Crippen molar-refractivity contribution in [2.45, 2.75) is 79.4 Å². The van der Waals surface area contributed by atoms with E-state index in [2.05, 4.69) is 15.5 Å². The third-order valence-electron chi connectivity index (χ3n) is 6.77. The molecule has 0 unspecified atom stereocenters. The molecule has 2 aromatic heterocycles. The van der Waals surface area contributed by atoms with Gasteiger partial charge in [0.1, 0.15) is 18.8 Å². The van der Waals surface area contributed by atoms with Crippen LogP contribution in [-0.2, 0) is 37.0 Å². The van der Waals surface area contributed by atoms with E-state index < -0.39 is 23.1 Å². The van der Waals surface area contributed by atoms with Gasteiger partial charge in [-0.25, -0.2) is 4.79 Å². The van der Waals surface area contributed by atoms with Crippen LogP contribution in [0.25, 0.3) is 5.65 Å². The maximum Gasteiger partial charge on any atom is 0.410 e. The standard InChI is InChI=1S/C30H40N6O6.CH4/c1-29(2,3)27(38)42-22-14-15-35(16-22)28(39)41-18-21-12-9-13-24-33-34-25(36(21)24)23(32-26(37)30(4,5)31)19-40-17-20-10-7-6-8-11-20;/h6-13,22-23H,14-19,31H2,1-5H3,(H,32,37);1H4/t22-,23+;/m0./s1. The van der Waals surface area contributed by atoms with Crippen LogP contribution in [0.3, 0.4) is 0 Å². The quantitative estimate of drug-likeness (QED) is 0.333. The molecule has 0 bridgehead atoms. The third kappa shape index (κ3) is 8.74. The number of nitrogens with zero attached hydrogens (tertiary/aromatic N) is 4. The van der Waals surface area contributed by atoms with Crippen molar-refractivity contribution in [1.82, 2.24) is 24.8 Å². The van der Waals surface area contributed by atoms with Gasteiger partial charge in [-0.15, -0.1) is 10.2 Å². The number of fused-ring (bicyclic) bond motifs is 1. The molecule has 4 rings (SSSR count). The Morgan fingerprint density at radius 1 is 1.02 bits per heavy atom. The Morgan fingerprint density at radius 3 is 2.42 bits per heavy atom. The largest absolute Gasteiger partial charge is 0.460 e. The predicted molar refractivity (Wildman–Crippen MR) is 161 cm³/mol. The van der Waals surface area contributed by atoms with Crippen molar-refractivity contribution in [3.63, 3.8) is 0 Å². The van der Waals surface area contributed by atoms with Gasteiger partial charge in [0, 0.05) is 13.0 Å². The molecule has 0 radical (unpaired) electrons. The molecular formula is C31H44N6O6. The fraction of sp³-hybridized carbons (Fsp3) is 0.516. The normalized spacial score (nSPS) is 16.0. The van der Waals surface area contributed by atoms with Crippen LogP contribution in [0.1, 0.15) is 71.6 Å². The highest BCUT2D eigenvalue weighted by atomic mass is 16.6. The van der Waals surface area contributed by atoms with Crippen molar-refractivity contribution in [2.24, 2.45) is 11.1 Å². The molecule has 3 N–H and O–H groups in total. The third-order valence-corrected chi connectivity index (χ3v) is 6.77. The maximum absolute atomic E-state index is 12.9. The molecule has 2 atom stereocenters. The van der Waals surface area contributed by atoms with Crippen molar-refractivity contribution < 1.29 is 28.6 Å². The molecule has 0 spiro atoms. The van der Waals surface area contributed by atoms with Crippen molar-refractivity contribution in [2.75, 3.05) is 19.7 Å². The first-order chi connectivity index (χ1) is 19.8. The van der Waals surface area contributed by atoms with Crippen LogP contribution in [0.4, 0.5) is 4.79 Å². The van der Waals surface area contributed by atoms with Crippen LogP contribution in [0.2, 0.25) is 0 Å². The lowest BCUT2D eigenvalue weighted by Gasteiger charge is -2.24. The zero-order chi connectivity index (χ0) is 30.5. The number of benzene rings is 1. The monoisotopic (exact) mass is 596 g/mol. The number of esters is 1. The number of hydrogen-bond donors (Lipinski definition) is 2. The van der Waals surface area contributed by atoms with Gasteiger partial charge in [-0.1, -0.05) is 43.8 Å². The van der Waals surface area contributed by atoms with Crippen LogP contribution in [0.15, 0.2) is 48.5 Å². The smallest absolute Gasteiger partial charge is 0.410 e. The van der Waals surface area contributed by atoms with Crippen LogP contribution in [-0.4, -0.2) is 68.8 Å². The fourth-order valence-electron chi connectivity index (χ4n) is 4.31. The summed E-state index contributed by atoms with van der Waals surface area (Å²) < 4.78 is 18.9. The summed E-state index contributed by atoms with van der Waals surface area (Å²) in [4.78, 5) is 39.5. The molecule has 3 aromatic rings. The molecule has 234 valence electrons. The lowest BCUT2D eigenvalue weighted by Crippen LogP contribution is -2.51. The Balaban J connectivity index is 0.00000506. The van der Waals surface area contributed by atoms with Crippen LogP contribution in [0.5, 0.6) is 0 Å². The summed E-state index contributed by atoms with van der Waals surface area (Å²) in [6.45, 7) is 9.66. The van der Waals surface area contributed by atoms with E-state index in [0.29, 0.717) is 36.7 Å². The molecule has 12 heteroatoms. The first-order valence-electron chi connectivity index (χ1n) is 14.0. The van der Waals surface area contributed by atoms with E-state index in [1.807, 2.05) is 30.3 Å². The van der Waals surface area contributed by atoms with Gasteiger partial charge < -0.3 is 30.2 Å². The highest BCUT2D eigenvalue weighted by Gasteiger charge is 2.33. The summed E-state index contributed by atoms with van der Waals surface area (Å²) in [5, 5.41) is 11.6. The summed E-state index contributed by atoms with van der Waals surface area (Å²) in [6.07, 6.45) is -0.342. The number of amides is 2. The maximum atomic E-state index is 12.9. The number of carbonyl (C=O) groups excluding carboxylic acids is 3. The Morgan fingerprint density at radius 2 is 1.74 bits per heavy atom. The molecular weight excluding hydrogens is 552 g/mol. The van der Waals surface area contributed by atoms with Gasteiger partial charge in [-0.3, -0.25) is 14.0 Å². The number of carbonyl (C=O) groups is 3. The van der Waals surface area contributed by atoms with Gasteiger partial charge >= 0.3 is 12.1 Å². The minimum absolute atomic E-state index is 0. The molecule has 3 heterocycles. The summed E-state index contributed by atoms with van der Waals surface area (Å²) in [5.74, 6) is -0.271. The Bertz CT molecular complexity index is 1400. The summed E-state index contributed by atoms with van der Waals surface area (Å²) >= 11 is 0. The van der Waals surface area contributed by atoms with Gasteiger partial charge in [0.2, 0.25) is 5.91 Å². The number of aromatic nitrogens is 3. The lowest BCUT2D eigenvalue weighted by atomic mass is 9.97. The van der Waals surface area contributed by atoms with Crippen LogP contribution in [0, 0.1) is 5.41 Å². The Labute approximate surface area is 252 Å². The van der Waals surface area contributed by atoms with E-state index in [0.717, 1.165) is 5.56 Å². The van der Waals surface area contributed by atoms with Crippen LogP contribution >= 0.6 is 0 Å². The van der Waals surface area contributed by atoms with Crippen molar-refractivity contribution in [3.05, 3.63) is 65.6 Å². The van der Waals surface area contributed by atoms with Gasteiger partial charge in [-0.2, -0.15) is 0 Å². The zero-order valence-corrected chi connectivity index (χ0v) is 24.8. The summed E-state index contributed by atoms with van der Waals surface area (Å²) in [7, 11) is 0. The molecule has 1 aliphatic rings. The molecule has 0 saturated carbocycles. The van der Waals surface area contributed by atoms with Gasteiger partial charge in [0.15, 0.2) is 11.5 Å². The minimum Gasteiger partial charge on any atom is -0.460 e. The van der Waals surface area contributed by atoms with Crippen molar-refractivity contribution in [1.29, 1.82) is 0 Å². The zero-order valence-electron chi connectivity index (χ0n) is 24.8. The van der Waals surface area contributed by atoms with Crippen molar-refractivity contribution in [3.8, 4) is 0 Å². The predicted octanol–water partition coefficient (Wildman–Crippen LogP) is 3.78. The molecule has 12 nitrogen and oxygen atoms in total. The SMILES string of the molecule is C.CC(C)(C)C(=O)O[C@H]1CCN(C(=O)OCc2cccc3nnc([C@@H](COCc4ccccc4)NC(=O)C(C)(C)N)n23)C1. The summed E-state index contributed by atoms with van der Waals surface area (Å²) in [6, 6.07) is 14.3. The van der Waals surface area contributed by atoms with E-state index in [1.54, 1.807) is 57.2 Å². The number of nitrogens with two attached hydrogens (primary N) is 1. The number of likely N-dealkylation sites (tertiary alicyclic amines) is 1. The first kappa shape index (κ1) is 33.5. The minimum atomic E-state index is -1.13. The van der Waals surface area contributed by atoms with Gasteiger partial charge in [0.25, 0.3) is 0 Å². The second-order valence-corrected chi connectivity index (χ2v) is 12.1. The average Bonchev–Trinajstić information content (AvgIpc) is 3.58. The molecule has 0 aliphatic carbocycles. The number of rotatable bonds is 10. The number of nitrogens with one attached hydrogen (secondary N) is 1. The van der Waals surface area contributed by atoms with Gasteiger partial charge in [0.05, 0.1) is 36.4 Å². The number of hydrogen-bond acceptors (Lipinski definition) is 9. The first-order valence-corrected chi connectivity index (χ1v) is 14.0. The average molecular weight is 597 g/mol. The molecule has 43 heavy (non-hydrogen) atoms. The van der Waals surface area contributed by atoms with Gasteiger partial charge in [-0.05, 0) is 52.3 Å². The summed E-state index contributed by atoms with van der Waals surface area (Å²) in [5.41, 5.74) is 6.41. The molecule has 1 aromatic carbocycles. The van der Waals surface area contributed by atoms with E-state index in [1.165, 1.54) is 4.90 Å². The molecule has 1 saturated heterocycles. The van der Waals surface area contributed by atoms with Crippen molar-refractivity contribution >= 4 is 23.6 Å². The second-order valence-electron chi connectivity index (χ2n) is 12.1. The number of ether oxygens (including phenoxy) is 3. The highest BCUT2D eigenvalue weighted by Crippen LogP contribution is 2.22. The van der Waals surface area contributed by atoms with Crippen LogP contribution < -0.4 is 11.1 Å². The van der Waals surface area contributed by atoms with E-state index in [-0.39, 0.29) is 45.2 Å². The fourth-order valence-corrected chi connectivity index (χ4v) is 4.31. The topological polar surface area (TPSA) is 150 Å². The Hall–Kier alpha value is -4.03.